The first kappa shape index (κ1) is 14.0. The van der Waals surface area contributed by atoms with Crippen molar-refractivity contribution in [2.24, 2.45) is 5.92 Å². The molecule has 108 valence electrons. The Kier molecular flexibility index (Phi) is 4.02. The van der Waals surface area contributed by atoms with E-state index in [1.54, 1.807) is 4.90 Å². The maximum atomic E-state index is 12.0. The van der Waals surface area contributed by atoms with E-state index in [4.69, 9.17) is 0 Å². The second-order valence-corrected chi connectivity index (χ2v) is 4.76. The Hall–Kier alpha value is -2.38. The number of aromatic amines is 2. The van der Waals surface area contributed by atoms with E-state index in [-0.39, 0.29) is 23.4 Å². The van der Waals surface area contributed by atoms with Crippen LogP contribution in [0, 0.1) is 5.92 Å². The number of hydrogen-bond donors (Lipinski definition) is 3. The number of amides is 2. The van der Waals surface area contributed by atoms with Gasteiger partial charge >= 0.3 is 5.69 Å². The van der Waals surface area contributed by atoms with Gasteiger partial charge in [-0.25, -0.2) is 4.79 Å². The van der Waals surface area contributed by atoms with E-state index in [2.05, 4.69) is 10.3 Å². The molecule has 0 radical (unpaired) electrons. The van der Waals surface area contributed by atoms with Gasteiger partial charge in [-0.2, -0.15) is 0 Å². The van der Waals surface area contributed by atoms with Crippen LogP contribution in [0.2, 0.25) is 0 Å². The van der Waals surface area contributed by atoms with Gasteiger partial charge in [-0.1, -0.05) is 0 Å². The van der Waals surface area contributed by atoms with Crippen molar-refractivity contribution < 1.29 is 9.59 Å². The fourth-order valence-electron chi connectivity index (χ4n) is 2.19. The van der Waals surface area contributed by atoms with Crippen LogP contribution in [-0.2, 0) is 9.59 Å². The number of aromatic nitrogens is 2. The number of carbonyl (C=O) groups is 2. The van der Waals surface area contributed by atoms with Crippen molar-refractivity contribution >= 4 is 17.5 Å². The molecule has 0 unspecified atom stereocenters. The number of hydrogen-bond acceptors (Lipinski definition) is 4. The number of rotatable bonds is 2. The summed E-state index contributed by atoms with van der Waals surface area (Å²) in [6.45, 7) is 2.57. The molecule has 2 rings (SSSR count). The summed E-state index contributed by atoms with van der Waals surface area (Å²) in [5, 5.41) is 2.49. The van der Waals surface area contributed by atoms with Crippen molar-refractivity contribution in [1.29, 1.82) is 0 Å². The van der Waals surface area contributed by atoms with Crippen LogP contribution in [0.1, 0.15) is 19.8 Å². The van der Waals surface area contributed by atoms with Crippen LogP contribution in [0.15, 0.2) is 15.8 Å². The Morgan fingerprint density at radius 1 is 1.30 bits per heavy atom. The number of anilines is 1. The van der Waals surface area contributed by atoms with Gasteiger partial charge in [0, 0.05) is 32.1 Å². The Bertz CT molecular complexity index is 625. The summed E-state index contributed by atoms with van der Waals surface area (Å²) in [5.74, 6) is -0.511. The molecule has 0 aromatic carbocycles. The molecule has 0 aliphatic carbocycles. The molecule has 0 atom stereocenters. The summed E-state index contributed by atoms with van der Waals surface area (Å²) in [6.07, 6.45) is 2.29. The van der Waals surface area contributed by atoms with Crippen LogP contribution in [-0.4, -0.2) is 39.8 Å². The quantitative estimate of drug-likeness (QED) is 0.661. The van der Waals surface area contributed by atoms with Crippen molar-refractivity contribution in [3.05, 3.63) is 27.0 Å². The van der Waals surface area contributed by atoms with Crippen LogP contribution >= 0.6 is 0 Å². The number of H-pyrrole nitrogens is 2. The minimum absolute atomic E-state index is 0.000868. The van der Waals surface area contributed by atoms with Crippen molar-refractivity contribution in [1.82, 2.24) is 14.9 Å². The van der Waals surface area contributed by atoms with Gasteiger partial charge in [0.1, 0.15) is 5.69 Å². The lowest BCUT2D eigenvalue weighted by atomic mass is 9.96. The molecule has 0 spiro atoms. The zero-order valence-corrected chi connectivity index (χ0v) is 11.1. The molecule has 2 amide bonds. The molecule has 8 nitrogen and oxygen atoms in total. The number of nitrogens with one attached hydrogen (secondary N) is 3. The summed E-state index contributed by atoms with van der Waals surface area (Å²) in [5.41, 5.74) is -1.24. The normalized spacial score (nSPS) is 15.9. The standard InChI is InChI=1S/C12H16N4O4/c1-7(17)16-4-2-8(3-5-16)10(18)14-9-6-13-12(20)15-11(9)19/h6,8H,2-5H2,1H3,(H,14,18)(H2,13,15,19,20). The number of nitrogens with zero attached hydrogens (tertiary/aromatic N) is 1. The second-order valence-electron chi connectivity index (χ2n) is 4.76. The van der Waals surface area contributed by atoms with Crippen molar-refractivity contribution in [3.63, 3.8) is 0 Å². The third-order valence-electron chi connectivity index (χ3n) is 3.39. The minimum atomic E-state index is -0.636. The molecule has 0 saturated carbocycles. The Balaban J connectivity index is 1.98. The first-order chi connectivity index (χ1) is 9.47. The minimum Gasteiger partial charge on any atom is -0.343 e. The smallest absolute Gasteiger partial charge is 0.325 e. The Morgan fingerprint density at radius 2 is 1.95 bits per heavy atom. The first-order valence-corrected chi connectivity index (χ1v) is 6.36. The van der Waals surface area contributed by atoms with Gasteiger partial charge in [-0.15, -0.1) is 0 Å². The van der Waals surface area contributed by atoms with Gasteiger partial charge in [0.15, 0.2) is 0 Å². The molecule has 8 heteroatoms. The lowest BCUT2D eigenvalue weighted by Gasteiger charge is -2.30. The van der Waals surface area contributed by atoms with Gasteiger partial charge in [-0.05, 0) is 12.8 Å². The van der Waals surface area contributed by atoms with Crippen LogP contribution in [0.25, 0.3) is 0 Å². The maximum Gasteiger partial charge on any atom is 0.325 e. The second kappa shape index (κ2) is 5.72. The predicted molar refractivity (Wildman–Crippen MR) is 71.3 cm³/mol. The fraction of sp³-hybridized carbons (Fsp3) is 0.500. The summed E-state index contributed by atoms with van der Waals surface area (Å²) in [6, 6.07) is 0. The van der Waals surface area contributed by atoms with Gasteiger partial charge in [0.2, 0.25) is 11.8 Å². The van der Waals surface area contributed by atoms with E-state index in [0.29, 0.717) is 25.9 Å². The fourth-order valence-corrected chi connectivity index (χ4v) is 2.19. The van der Waals surface area contributed by atoms with E-state index in [0.717, 1.165) is 0 Å². The highest BCUT2D eigenvalue weighted by Gasteiger charge is 2.26. The average molecular weight is 280 g/mol. The SMILES string of the molecule is CC(=O)N1CCC(C(=O)Nc2c[nH]c(=O)[nH]c2=O)CC1. The Morgan fingerprint density at radius 3 is 2.50 bits per heavy atom. The topological polar surface area (TPSA) is 115 Å². The maximum absolute atomic E-state index is 12.0. The molecule has 1 fully saturated rings. The predicted octanol–water partition coefficient (Wildman–Crippen LogP) is -0.740. The molecule has 20 heavy (non-hydrogen) atoms. The van der Waals surface area contributed by atoms with Gasteiger partial charge in [0.25, 0.3) is 5.56 Å². The zero-order valence-electron chi connectivity index (χ0n) is 11.1. The lowest BCUT2D eigenvalue weighted by Crippen LogP contribution is -2.41. The molecule has 3 N–H and O–H groups in total. The highest BCUT2D eigenvalue weighted by Crippen LogP contribution is 2.18. The largest absolute Gasteiger partial charge is 0.343 e. The molecule has 0 bridgehead atoms. The van der Waals surface area contributed by atoms with E-state index in [9.17, 15) is 19.2 Å². The number of carbonyl (C=O) groups excluding carboxylic acids is 2. The highest BCUT2D eigenvalue weighted by molar-refractivity contribution is 5.92. The van der Waals surface area contributed by atoms with Crippen molar-refractivity contribution in [3.8, 4) is 0 Å². The molecule has 1 aromatic rings. The van der Waals surface area contributed by atoms with E-state index < -0.39 is 11.2 Å². The van der Waals surface area contributed by atoms with E-state index in [1.165, 1.54) is 13.1 Å². The molecular formula is C12H16N4O4. The summed E-state index contributed by atoms with van der Waals surface area (Å²) < 4.78 is 0. The van der Waals surface area contributed by atoms with Crippen molar-refractivity contribution in [2.75, 3.05) is 18.4 Å². The third-order valence-corrected chi connectivity index (χ3v) is 3.39. The van der Waals surface area contributed by atoms with E-state index >= 15 is 0 Å². The summed E-state index contributed by atoms with van der Waals surface area (Å²) in [7, 11) is 0. The third kappa shape index (κ3) is 3.14. The number of likely N-dealkylation sites (tertiary alicyclic amines) is 1. The van der Waals surface area contributed by atoms with Gasteiger partial charge in [0.05, 0.1) is 0 Å². The summed E-state index contributed by atoms with van der Waals surface area (Å²) >= 11 is 0. The van der Waals surface area contributed by atoms with Gasteiger partial charge < -0.3 is 15.2 Å². The molecule has 1 saturated heterocycles. The van der Waals surface area contributed by atoms with Crippen LogP contribution in [0.4, 0.5) is 5.69 Å². The molecular weight excluding hydrogens is 264 g/mol. The van der Waals surface area contributed by atoms with Crippen LogP contribution in [0.5, 0.6) is 0 Å². The molecule has 2 heterocycles. The number of piperidine rings is 1. The first-order valence-electron chi connectivity index (χ1n) is 6.36. The molecule has 1 aromatic heterocycles. The molecule has 1 aliphatic rings. The average Bonchev–Trinajstić information content (AvgIpc) is 2.42. The Labute approximate surface area is 114 Å². The molecule has 1 aliphatic heterocycles. The van der Waals surface area contributed by atoms with Gasteiger partial charge in [-0.3, -0.25) is 19.4 Å². The van der Waals surface area contributed by atoms with Crippen molar-refractivity contribution in [2.45, 2.75) is 19.8 Å². The van der Waals surface area contributed by atoms with Crippen LogP contribution in [0.3, 0.4) is 0 Å². The van der Waals surface area contributed by atoms with E-state index in [1.807, 2.05) is 4.98 Å². The summed E-state index contributed by atoms with van der Waals surface area (Å²) in [4.78, 5) is 51.6. The zero-order chi connectivity index (χ0) is 14.7. The highest BCUT2D eigenvalue weighted by atomic mass is 16.2. The lowest BCUT2D eigenvalue weighted by molar-refractivity contribution is -0.132. The monoisotopic (exact) mass is 280 g/mol. The van der Waals surface area contributed by atoms with Crippen LogP contribution < -0.4 is 16.6 Å².